The molecule has 0 aliphatic carbocycles. The number of nitrogen functional groups attached to an aromatic ring is 2. The van der Waals surface area contributed by atoms with Crippen LogP contribution >= 0.6 is 11.3 Å². The Morgan fingerprint density at radius 2 is 1.79 bits per heavy atom. The highest BCUT2D eigenvalue weighted by atomic mass is 32.1. The van der Waals surface area contributed by atoms with Gasteiger partial charge in [0.05, 0.1) is 5.69 Å². The minimum absolute atomic E-state index is 0.0798. The lowest BCUT2D eigenvalue weighted by atomic mass is 9.97. The van der Waals surface area contributed by atoms with Crippen LogP contribution in [-0.4, -0.2) is 16.2 Å². The van der Waals surface area contributed by atoms with Crippen molar-refractivity contribution in [2.24, 2.45) is 0 Å². The second-order valence-corrected chi connectivity index (χ2v) is 8.05. The molecular weight excluding hydrogens is 438 g/mol. The van der Waals surface area contributed by atoms with Gasteiger partial charge in [0.25, 0.3) is 12.1 Å². The van der Waals surface area contributed by atoms with Crippen molar-refractivity contribution in [2.75, 3.05) is 16.8 Å². The largest absolute Gasteiger partial charge is 0.397 e. The number of hydrogen-bond donors (Lipinski definition) is 3. The minimum atomic E-state index is -0.483. The number of pyridine rings is 1. The molecule has 0 aliphatic rings. The first-order valence-corrected chi connectivity index (χ1v) is 10.6. The van der Waals surface area contributed by atoms with Crippen molar-refractivity contribution < 1.29 is 14.0 Å². The van der Waals surface area contributed by atoms with Gasteiger partial charge in [-0.1, -0.05) is 48.5 Å². The molecule has 0 saturated heterocycles. The molecule has 0 radical (unpaired) electrons. The second-order valence-electron chi connectivity index (χ2n) is 7.05. The van der Waals surface area contributed by atoms with Crippen LogP contribution in [0.2, 0.25) is 0 Å². The van der Waals surface area contributed by atoms with E-state index in [2.05, 4.69) is 21.6 Å². The fourth-order valence-electron chi connectivity index (χ4n) is 3.52. The first kappa shape index (κ1) is 20.2. The number of fused-ring (bicyclic) bond motifs is 1. The number of nitrogens with one attached hydrogen (secondary N) is 1. The summed E-state index contributed by atoms with van der Waals surface area (Å²) >= 11 is 1.09. The van der Waals surface area contributed by atoms with Crippen molar-refractivity contribution in [3.05, 3.63) is 77.3 Å². The number of amides is 1. The van der Waals surface area contributed by atoms with E-state index in [0.717, 1.165) is 22.6 Å². The number of thiophene rings is 1. The summed E-state index contributed by atoms with van der Waals surface area (Å²) in [6.07, 6.45) is 1.55. The number of para-hydroxylation sites is 1. The van der Waals surface area contributed by atoms with E-state index in [0.29, 0.717) is 15.8 Å². The molecule has 0 atom stereocenters. The van der Waals surface area contributed by atoms with Crippen LogP contribution < -0.4 is 21.5 Å². The number of rotatable bonds is 4. The number of benzene rings is 2. The summed E-state index contributed by atoms with van der Waals surface area (Å²) in [5, 5.41) is 16.8. The summed E-state index contributed by atoms with van der Waals surface area (Å²) in [7, 11) is 0. The minimum Gasteiger partial charge on any atom is -0.397 e. The number of nitrogens with zero attached hydrogens (tertiary/aromatic N) is 4. The summed E-state index contributed by atoms with van der Waals surface area (Å²) in [6.45, 7) is 0. The van der Waals surface area contributed by atoms with Gasteiger partial charge in [0.1, 0.15) is 27.2 Å². The van der Waals surface area contributed by atoms with Crippen LogP contribution in [0.5, 0.6) is 0 Å². The maximum atomic E-state index is 13.0. The zero-order valence-corrected chi connectivity index (χ0v) is 17.8. The molecule has 0 bridgehead atoms. The molecule has 3 heterocycles. The lowest BCUT2D eigenvalue weighted by molar-refractivity contribution is -0.670. The van der Waals surface area contributed by atoms with Crippen molar-refractivity contribution in [3.63, 3.8) is 0 Å². The highest BCUT2D eigenvalue weighted by molar-refractivity contribution is 7.21. The summed E-state index contributed by atoms with van der Waals surface area (Å²) in [5.41, 5.74) is 15.0. The van der Waals surface area contributed by atoms with Gasteiger partial charge < -0.3 is 11.5 Å². The number of nitrogens with two attached hydrogens (primary N) is 2. The SMILES string of the molecule is N#Cc1c(N)nc2sc(C(=O)Nc3c[n+](-c4ccccc4)no3)c(N)c2c1-c1ccccc1. The van der Waals surface area contributed by atoms with Crippen LogP contribution in [0.3, 0.4) is 0 Å². The Labute approximate surface area is 191 Å². The molecule has 1 amide bonds. The van der Waals surface area contributed by atoms with E-state index in [9.17, 15) is 10.1 Å². The number of hydrogen-bond acceptors (Lipinski definition) is 8. The molecule has 5 rings (SSSR count). The molecule has 33 heavy (non-hydrogen) atoms. The van der Waals surface area contributed by atoms with Gasteiger partial charge in [0.2, 0.25) is 11.0 Å². The third-order valence-corrected chi connectivity index (χ3v) is 6.11. The molecule has 0 aliphatic heterocycles. The monoisotopic (exact) mass is 454 g/mol. The quantitative estimate of drug-likeness (QED) is 0.352. The Bertz CT molecular complexity index is 1540. The Balaban J connectivity index is 1.56. The normalized spacial score (nSPS) is 10.8. The molecule has 0 fully saturated rings. The fourth-order valence-corrected chi connectivity index (χ4v) is 4.52. The maximum Gasteiger partial charge on any atom is 0.303 e. The number of carbonyl (C=O) groups is 1. The number of aromatic nitrogens is 3. The van der Waals surface area contributed by atoms with Crippen molar-refractivity contribution >= 4 is 44.9 Å². The van der Waals surface area contributed by atoms with Crippen molar-refractivity contribution in [1.82, 2.24) is 10.3 Å². The van der Waals surface area contributed by atoms with Crippen molar-refractivity contribution in [1.29, 1.82) is 5.26 Å². The van der Waals surface area contributed by atoms with E-state index in [4.69, 9.17) is 16.0 Å². The Morgan fingerprint density at radius 3 is 2.48 bits per heavy atom. The molecule has 5 aromatic rings. The van der Waals surface area contributed by atoms with Gasteiger partial charge >= 0.3 is 5.88 Å². The van der Waals surface area contributed by atoms with Gasteiger partial charge in [0.15, 0.2) is 0 Å². The van der Waals surface area contributed by atoms with Crippen LogP contribution in [-0.2, 0) is 0 Å². The van der Waals surface area contributed by atoms with Gasteiger partial charge in [-0.25, -0.2) is 4.98 Å². The molecule has 5 N–H and O–H groups in total. The predicted molar refractivity (Wildman–Crippen MR) is 125 cm³/mol. The zero-order chi connectivity index (χ0) is 22.9. The molecule has 0 saturated carbocycles. The molecule has 3 aromatic heterocycles. The zero-order valence-electron chi connectivity index (χ0n) is 17.0. The van der Waals surface area contributed by atoms with Gasteiger partial charge in [-0.2, -0.15) is 5.26 Å². The lowest BCUT2D eigenvalue weighted by Gasteiger charge is -2.09. The third kappa shape index (κ3) is 3.52. The lowest BCUT2D eigenvalue weighted by Crippen LogP contribution is -2.31. The Hall–Kier alpha value is -4.75. The van der Waals surface area contributed by atoms with E-state index in [-0.39, 0.29) is 27.8 Å². The predicted octanol–water partition coefficient (Wildman–Crippen LogP) is 3.52. The van der Waals surface area contributed by atoms with E-state index in [1.165, 1.54) is 4.68 Å². The van der Waals surface area contributed by atoms with Crippen molar-refractivity contribution in [2.45, 2.75) is 0 Å². The smallest absolute Gasteiger partial charge is 0.303 e. The summed E-state index contributed by atoms with van der Waals surface area (Å²) in [4.78, 5) is 18.0. The standard InChI is InChI=1S/C23H15N7O2S/c24-11-15-17(13-7-3-1-4-8-13)18-19(25)20(33-23(18)28-21(15)26)22(31)27-16-12-30(29-32-16)14-9-5-2-6-10-14/h1-10,12H,(H4-,25,26,27,28,29,31)/p+1. The third-order valence-electron chi connectivity index (χ3n) is 5.01. The fraction of sp³-hybridized carbons (Fsp3) is 0. The van der Waals surface area contributed by atoms with E-state index in [1.807, 2.05) is 60.7 Å². The van der Waals surface area contributed by atoms with E-state index >= 15 is 0 Å². The highest BCUT2D eigenvalue weighted by Gasteiger charge is 2.25. The summed E-state index contributed by atoms with van der Waals surface area (Å²) < 4.78 is 6.74. The molecule has 10 heteroatoms. The summed E-state index contributed by atoms with van der Waals surface area (Å²) in [5.74, 6) is -0.256. The average molecular weight is 454 g/mol. The first-order valence-electron chi connectivity index (χ1n) is 9.79. The highest BCUT2D eigenvalue weighted by Crippen LogP contribution is 2.42. The van der Waals surface area contributed by atoms with Crippen LogP contribution in [0.4, 0.5) is 17.4 Å². The van der Waals surface area contributed by atoms with Gasteiger partial charge in [-0.15, -0.1) is 11.3 Å². The van der Waals surface area contributed by atoms with Gasteiger partial charge in [-0.3, -0.25) is 14.6 Å². The number of nitriles is 1. The molecule has 160 valence electrons. The van der Waals surface area contributed by atoms with E-state index in [1.54, 1.807) is 6.20 Å². The topological polar surface area (TPSA) is 148 Å². The molecule has 2 aromatic carbocycles. The van der Waals surface area contributed by atoms with Crippen LogP contribution in [0, 0.1) is 11.3 Å². The Kier molecular flexibility index (Phi) is 4.93. The number of carbonyl (C=O) groups excluding carboxylic acids is 1. The maximum absolute atomic E-state index is 13.0. The van der Waals surface area contributed by atoms with Crippen LogP contribution in [0.15, 0.2) is 71.4 Å². The molecule has 0 unspecified atom stereocenters. The van der Waals surface area contributed by atoms with Gasteiger partial charge in [-0.05, 0) is 10.2 Å². The number of anilines is 3. The van der Waals surface area contributed by atoms with Crippen molar-refractivity contribution in [3.8, 4) is 22.9 Å². The first-order chi connectivity index (χ1) is 16.1. The Morgan fingerprint density at radius 1 is 1.09 bits per heavy atom. The molecule has 0 spiro atoms. The second kappa shape index (κ2) is 8.07. The average Bonchev–Trinajstić information content (AvgIpc) is 3.43. The van der Waals surface area contributed by atoms with Gasteiger partial charge in [0, 0.05) is 23.1 Å². The van der Waals surface area contributed by atoms with Crippen LogP contribution in [0.25, 0.3) is 27.0 Å². The molecule has 9 nitrogen and oxygen atoms in total. The molecular formula is C23H16N7O2S+. The van der Waals surface area contributed by atoms with E-state index < -0.39 is 5.91 Å². The summed E-state index contributed by atoms with van der Waals surface area (Å²) in [6, 6.07) is 20.7. The van der Waals surface area contributed by atoms with Crippen LogP contribution in [0.1, 0.15) is 15.2 Å².